The van der Waals surface area contributed by atoms with E-state index in [1.807, 2.05) is 0 Å². The van der Waals surface area contributed by atoms with Gasteiger partial charge in [-0.25, -0.2) is 0 Å². The lowest BCUT2D eigenvalue weighted by Gasteiger charge is -2.25. The van der Waals surface area contributed by atoms with E-state index in [-0.39, 0.29) is 0 Å². The van der Waals surface area contributed by atoms with Crippen LogP contribution in [0.25, 0.3) is 17.2 Å². The zero-order valence-corrected chi connectivity index (χ0v) is 13.9. The van der Waals surface area contributed by atoms with Gasteiger partial charge in [0.15, 0.2) is 0 Å². The van der Waals surface area contributed by atoms with Crippen LogP contribution in [0.4, 0.5) is 0 Å². The van der Waals surface area contributed by atoms with Crippen LogP contribution in [0.15, 0.2) is 84.9 Å². The summed E-state index contributed by atoms with van der Waals surface area (Å²) in [6.07, 6.45) is 4.45. The molecule has 1 nitrogen and oxygen atoms in total. The molecule has 0 bridgehead atoms. The van der Waals surface area contributed by atoms with Crippen LogP contribution < -0.4 is 0 Å². The van der Waals surface area contributed by atoms with Crippen LogP contribution in [0.2, 0.25) is 0 Å². The van der Waals surface area contributed by atoms with Crippen LogP contribution in [0.1, 0.15) is 22.7 Å². The van der Waals surface area contributed by atoms with Gasteiger partial charge in [0.2, 0.25) is 0 Å². The van der Waals surface area contributed by atoms with Crippen molar-refractivity contribution in [1.82, 2.24) is 4.90 Å². The molecule has 24 heavy (non-hydrogen) atoms. The van der Waals surface area contributed by atoms with Gasteiger partial charge in [-0.2, -0.15) is 0 Å². The van der Waals surface area contributed by atoms with Gasteiger partial charge in [0.05, 0.1) is 6.04 Å². The normalized spacial score (nSPS) is 13.4. The maximum atomic E-state index is 2.42. The van der Waals surface area contributed by atoms with Gasteiger partial charge in [-0.15, -0.1) is 0 Å². The molecule has 0 fully saturated rings. The molecule has 1 aliphatic rings. The first-order chi connectivity index (χ1) is 11.8. The van der Waals surface area contributed by atoms with E-state index < -0.39 is 0 Å². The van der Waals surface area contributed by atoms with Crippen LogP contribution >= 0.6 is 0 Å². The van der Waals surface area contributed by atoms with Crippen molar-refractivity contribution in [2.45, 2.75) is 6.04 Å². The van der Waals surface area contributed by atoms with E-state index in [1.54, 1.807) is 0 Å². The Balaban J connectivity index is 1.60. The highest BCUT2D eigenvalue weighted by atomic mass is 15.1. The second-order valence-electron chi connectivity index (χ2n) is 6.33. The fourth-order valence-corrected chi connectivity index (χ4v) is 3.63. The highest BCUT2D eigenvalue weighted by Gasteiger charge is 2.30. The van der Waals surface area contributed by atoms with E-state index in [0.717, 1.165) is 6.54 Å². The maximum absolute atomic E-state index is 2.42. The minimum absolute atomic E-state index is 0.331. The first kappa shape index (κ1) is 14.9. The largest absolute Gasteiger partial charge is 0.292 e. The summed E-state index contributed by atoms with van der Waals surface area (Å²) in [5.74, 6) is 0. The van der Waals surface area contributed by atoms with Crippen molar-refractivity contribution in [2.75, 3.05) is 13.6 Å². The molecule has 0 spiro atoms. The van der Waals surface area contributed by atoms with Gasteiger partial charge in [0, 0.05) is 6.54 Å². The highest BCUT2D eigenvalue weighted by Crippen LogP contribution is 2.45. The monoisotopic (exact) mass is 311 g/mol. The fourth-order valence-electron chi connectivity index (χ4n) is 3.63. The summed E-state index contributed by atoms with van der Waals surface area (Å²) in [5.41, 5.74) is 6.82. The van der Waals surface area contributed by atoms with Crippen LogP contribution in [0.3, 0.4) is 0 Å². The van der Waals surface area contributed by atoms with E-state index in [0.29, 0.717) is 6.04 Å². The van der Waals surface area contributed by atoms with Gasteiger partial charge in [-0.05, 0) is 34.9 Å². The summed E-state index contributed by atoms with van der Waals surface area (Å²) in [6.45, 7) is 0.919. The molecule has 0 atom stereocenters. The van der Waals surface area contributed by atoms with Gasteiger partial charge >= 0.3 is 0 Å². The Kier molecular flexibility index (Phi) is 4.02. The van der Waals surface area contributed by atoms with E-state index in [4.69, 9.17) is 0 Å². The van der Waals surface area contributed by atoms with Crippen LogP contribution in [-0.2, 0) is 0 Å². The molecule has 0 radical (unpaired) electrons. The second kappa shape index (κ2) is 6.46. The van der Waals surface area contributed by atoms with E-state index in [9.17, 15) is 0 Å². The standard InChI is InChI=1S/C23H21N/c1-24(17-9-12-18-10-3-2-4-11-18)23-21-15-7-5-13-19(21)20-14-6-8-16-22(20)23/h2-16,23H,17H2,1H3. The van der Waals surface area contributed by atoms with Gasteiger partial charge in [0.1, 0.15) is 0 Å². The summed E-state index contributed by atoms with van der Waals surface area (Å²) < 4.78 is 0. The molecule has 0 saturated heterocycles. The molecule has 0 aliphatic heterocycles. The van der Waals surface area contributed by atoms with Crippen LogP contribution in [-0.4, -0.2) is 18.5 Å². The molecule has 0 unspecified atom stereocenters. The van der Waals surface area contributed by atoms with E-state index in [2.05, 4.69) is 103 Å². The predicted molar refractivity (Wildman–Crippen MR) is 102 cm³/mol. The molecule has 1 aliphatic carbocycles. The summed E-state index contributed by atoms with van der Waals surface area (Å²) in [6, 6.07) is 28.4. The van der Waals surface area contributed by atoms with Crippen molar-refractivity contribution < 1.29 is 0 Å². The number of benzene rings is 3. The third-order valence-corrected chi connectivity index (χ3v) is 4.74. The molecule has 4 rings (SSSR count). The molecule has 0 N–H and O–H groups in total. The van der Waals surface area contributed by atoms with Gasteiger partial charge in [0.25, 0.3) is 0 Å². The van der Waals surface area contributed by atoms with Crippen LogP contribution in [0, 0.1) is 0 Å². The lowest BCUT2D eigenvalue weighted by molar-refractivity contribution is 0.314. The molecule has 118 valence electrons. The lowest BCUT2D eigenvalue weighted by Crippen LogP contribution is -2.24. The Morgan fingerprint density at radius 3 is 1.92 bits per heavy atom. The van der Waals surface area contributed by atoms with Gasteiger partial charge < -0.3 is 0 Å². The van der Waals surface area contributed by atoms with Crippen molar-refractivity contribution in [3.05, 3.63) is 102 Å². The predicted octanol–water partition coefficient (Wildman–Crippen LogP) is 5.40. The number of rotatable bonds is 4. The SMILES string of the molecule is CN(CC=Cc1ccccc1)C1c2ccccc2-c2ccccc21. The van der Waals surface area contributed by atoms with E-state index >= 15 is 0 Å². The molecular formula is C23H21N. The zero-order valence-electron chi connectivity index (χ0n) is 13.9. The molecule has 3 aromatic carbocycles. The minimum atomic E-state index is 0.331. The smallest absolute Gasteiger partial charge is 0.0614 e. The topological polar surface area (TPSA) is 3.24 Å². The average Bonchev–Trinajstić information content (AvgIpc) is 2.97. The Morgan fingerprint density at radius 2 is 1.29 bits per heavy atom. The fraction of sp³-hybridized carbons (Fsp3) is 0.130. The highest BCUT2D eigenvalue weighted by molar-refractivity contribution is 5.78. The molecule has 0 heterocycles. The molecule has 1 heteroatoms. The summed E-state index contributed by atoms with van der Waals surface area (Å²) in [5, 5.41) is 0. The Labute approximate surface area is 143 Å². The average molecular weight is 311 g/mol. The van der Waals surface area contributed by atoms with Crippen molar-refractivity contribution in [1.29, 1.82) is 0 Å². The van der Waals surface area contributed by atoms with Crippen molar-refractivity contribution in [2.24, 2.45) is 0 Å². The van der Waals surface area contributed by atoms with Crippen molar-refractivity contribution >= 4 is 6.08 Å². The molecule has 0 saturated carbocycles. The van der Waals surface area contributed by atoms with Crippen molar-refractivity contribution in [3.63, 3.8) is 0 Å². The molecular weight excluding hydrogens is 290 g/mol. The maximum Gasteiger partial charge on any atom is 0.0614 e. The number of hydrogen-bond donors (Lipinski definition) is 0. The van der Waals surface area contributed by atoms with Crippen LogP contribution in [0.5, 0.6) is 0 Å². The second-order valence-corrected chi connectivity index (χ2v) is 6.33. The summed E-state index contributed by atoms with van der Waals surface area (Å²) in [7, 11) is 2.21. The Hall–Kier alpha value is -2.64. The third kappa shape index (κ3) is 2.68. The number of likely N-dealkylation sites (N-methyl/N-ethyl adjacent to an activating group) is 1. The Bertz CT molecular complexity index is 818. The molecule has 3 aromatic rings. The lowest BCUT2D eigenvalue weighted by atomic mass is 10.0. The summed E-state index contributed by atoms with van der Waals surface area (Å²) in [4.78, 5) is 2.42. The third-order valence-electron chi connectivity index (χ3n) is 4.74. The number of fused-ring (bicyclic) bond motifs is 3. The first-order valence-electron chi connectivity index (χ1n) is 8.44. The van der Waals surface area contributed by atoms with Gasteiger partial charge in [-0.3, -0.25) is 4.90 Å². The molecule has 0 amide bonds. The summed E-state index contributed by atoms with van der Waals surface area (Å²) >= 11 is 0. The van der Waals surface area contributed by atoms with Crippen molar-refractivity contribution in [3.8, 4) is 11.1 Å². The minimum Gasteiger partial charge on any atom is -0.292 e. The Morgan fingerprint density at radius 1 is 0.750 bits per heavy atom. The quantitative estimate of drug-likeness (QED) is 0.623. The first-order valence-corrected chi connectivity index (χ1v) is 8.44. The molecule has 0 aromatic heterocycles. The zero-order chi connectivity index (χ0) is 16.4. The van der Waals surface area contributed by atoms with E-state index in [1.165, 1.54) is 27.8 Å². The van der Waals surface area contributed by atoms with Gasteiger partial charge in [-0.1, -0.05) is 91.0 Å². The number of nitrogens with zero attached hydrogens (tertiary/aromatic N) is 1. The number of hydrogen-bond acceptors (Lipinski definition) is 1.